The van der Waals surface area contributed by atoms with E-state index < -0.39 is 5.97 Å². The number of aliphatic carboxylic acids is 1. The number of cyclic esters (lactones) is 1. The van der Waals surface area contributed by atoms with Gasteiger partial charge >= 0.3 is 12.1 Å². The Morgan fingerprint density at radius 1 is 1.24 bits per heavy atom. The van der Waals surface area contributed by atoms with Gasteiger partial charge in [-0.2, -0.15) is 5.26 Å². The molecule has 0 aromatic heterocycles. The Balaban J connectivity index is 1.66. The zero-order chi connectivity index (χ0) is 21.2. The van der Waals surface area contributed by atoms with Gasteiger partial charge in [0.15, 0.2) is 0 Å². The lowest BCUT2D eigenvalue weighted by Gasteiger charge is -2.47. The van der Waals surface area contributed by atoms with Crippen molar-refractivity contribution in [3.05, 3.63) is 29.8 Å². The number of nitrogens with zero attached hydrogens (tertiary/aromatic N) is 4. The quantitative estimate of drug-likeness (QED) is 0.807. The van der Waals surface area contributed by atoms with Gasteiger partial charge in [-0.15, -0.1) is 0 Å². The second-order valence-electron chi connectivity index (χ2n) is 8.78. The zero-order valence-electron chi connectivity index (χ0n) is 17.2. The molecule has 2 aliphatic rings. The topological polar surface area (TPSA) is 97.1 Å². The molecule has 2 fully saturated rings. The summed E-state index contributed by atoms with van der Waals surface area (Å²) >= 11 is 0. The van der Waals surface area contributed by atoms with Crippen molar-refractivity contribution in [3.63, 3.8) is 0 Å². The van der Waals surface area contributed by atoms with Crippen LogP contribution in [0.15, 0.2) is 24.3 Å². The molecule has 2 heterocycles. The van der Waals surface area contributed by atoms with Crippen LogP contribution in [0.1, 0.15) is 26.3 Å². The number of nitriles is 1. The van der Waals surface area contributed by atoms with Crippen LogP contribution in [0.4, 0.5) is 10.5 Å². The molecule has 0 radical (unpaired) electrons. The molecule has 8 heteroatoms. The summed E-state index contributed by atoms with van der Waals surface area (Å²) in [5.74, 6) is -0.811. The van der Waals surface area contributed by atoms with Crippen molar-refractivity contribution in [2.24, 2.45) is 5.41 Å². The van der Waals surface area contributed by atoms with E-state index in [4.69, 9.17) is 15.1 Å². The molecule has 2 atom stereocenters. The second kappa shape index (κ2) is 8.39. The summed E-state index contributed by atoms with van der Waals surface area (Å²) in [6.45, 7) is 9.66. The third-order valence-corrected chi connectivity index (χ3v) is 5.55. The van der Waals surface area contributed by atoms with Crippen LogP contribution < -0.4 is 4.90 Å². The summed E-state index contributed by atoms with van der Waals surface area (Å²) in [7, 11) is 0. The maximum Gasteiger partial charge on any atom is 0.414 e. The van der Waals surface area contributed by atoms with Crippen LogP contribution in [0, 0.1) is 16.7 Å². The van der Waals surface area contributed by atoms with Crippen molar-refractivity contribution in [2.45, 2.75) is 32.9 Å². The third kappa shape index (κ3) is 5.05. The van der Waals surface area contributed by atoms with Crippen molar-refractivity contribution >= 4 is 17.7 Å². The minimum atomic E-state index is -0.811. The number of ether oxygens (including phenoxy) is 1. The first-order valence-corrected chi connectivity index (χ1v) is 9.84. The molecule has 29 heavy (non-hydrogen) atoms. The first-order chi connectivity index (χ1) is 13.7. The van der Waals surface area contributed by atoms with E-state index in [0.29, 0.717) is 31.7 Å². The number of rotatable bonds is 5. The van der Waals surface area contributed by atoms with Crippen LogP contribution in [-0.4, -0.2) is 78.4 Å². The third-order valence-electron chi connectivity index (χ3n) is 5.55. The molecular weight excluding hydrogens is 372 g/mol. The number of carboxylic acid groups (broad SMARTS) is 1. The normalized spacial score (nSPS) is 23.7. The molecule has 2 saturated heterocycles. The number of benzene rings is 1. The van der Waals surface area contributed by atoms with Crippen LogP contribution in [-0.2, 0) is 9.53 Å². The number of amides is 1. The summed E-state index contributed by atoms with van der Waals surface area (Å²) < 4.78 is 5.61. The van der Waals surface area contributed by atoms with E-state index in [9.17, 15) is 9.59 Å². The molecule has 0 saturated carbocycles. The fourth-order valence-corrected chi connectivity index (χ4v) is 4.06. The lowest BCUT2D eigenvalue weighted by atomic mass is 9.84. The molecule has 8 nitrogen and oxygen atoms in total. The van der Waals surface area contributed by atoms with Crippen molar-refractivity contribution in [3.8, 4) is 6.07 Å². The van der Waals surface area contributed by atoms with Gasteiger partial charge in [-0.25, -0.2) is 4.79 Å². The Labute approximate surface area is 171 Å². The fourth-order valence-electron chi connectivity index (χ4n) is 4.06. The van der Waals surface area contributed by atoms with E-state index >= 15 is 0 Å². The Morgan fingerprint density at radius 3 is 2.52 bits per heavy atom. The maximum atomic E-state index is 12.4. The average molecular weight is 400 g/mol. The zero-order valence-corrected chi connectivity index (χ0v) is 17.2. The summed E-state index contributed by atoms with van der Waals surface area (Å²) in [6, 6.07) is 9.12. The van der Waals surface area contributed by atoms with Gasteiger partial charge < -0.3 is 9.84 Å². The summed E-state index contributed by atoms with van der Waals surface area (Å²) in [5.41, 5.74) is 1.23. The lowest BCUT2D eigenvalue weighted by molar-refractivity contribution is -0.139. The van der Waals surface area contributed by atoms with Crippen LogP contribution in [0.5, 0.6) is 0 Å². The van der Waals surface area contributed by atoms with Gasteiger partial charge in [0.05, 0.1) is 24.7 Å². The Hall–Kier alpha value is -2.63. The molecule has 0 spiro atoms. The molecule has 0 aliphatic carbocycles. The van der Waals surface area contributed by atoms with Crippen molar-refractivity contribution < 1.29 is 19.4 Å². The fraction of sp³-hybridized carbons (Fsp3) is 0.571. The monoisotopic (exact) mass is 400 g/mol. The van der Waals surface area contributed by atoms with E-state index in [0.717, 1.165) is 12.2 Å². The molecule has 2 unspecified atom stereocenters. The number of piperazine rings is 1. The van der Waals surface area contributed by atoms with Gasteiger partial charge in [-0.3, -0.25) is 19.5 Å². The molecule has 1 aromatic carbocycles. The Bertz CT molecular complexity index is 796. The smallest absolute Gasteiger partial charge is 0.414 e. The molecule has 3 rings (SSSR count). The molecule has 1 aromatic rings. The standard InChI is InChI=1S/C21H28N4O4/c1-21(2,3)18-13-23(14-19(26)27)8-9-24(18)11-17-12-25(20(28)29-17)16-6-4-15(10-22)5-7-16/h4-7,17-18H,8-9,11-14H2,1-3H3,(H,26,27). The van der Waals surface area contributed by atoms with Gasteiger partial charge in [-0.05, 0) is 29.7 Å². The van der Waals surface area contributed by atoms with Gasteiger partial charge in [-0.1, -0.05) is 20.8 Å². The predicted molar refractivity (Wildman–Crippen MR) is 108 cm³/mol. The van der Waals surface area contributed by atoms with Crippen molar-refractivity contribution in [2.75, 3.05) is 44.2 Å². The van der Waals surface area contributed by atoms with Gasteiger partial charge in [0.25, 0.3) is 0 Å². The largest absolute Gasteiger partial charge is 0.480 e. The number of carbonyl (C=O) groups is 2. The van der Waals surface area contributed by atoms with Crippen LogP contribution in [0.3, 0.4) is 0 Å². The van der Waals surface area contributed by atoms with E-state index in [2.05, 4.69) is 31.7 Å². The van der Waals surface area contributed by atoms with E-state index in [1.54, 1.807) is 29.2 Å². The van der Waals surface area contributed by atoms with Crippen LogP contribution in [0.25, 0.3) is 0 Å². The minimum Gasteiger partial charge on any atom is -0.480 e. The first-order valence-electron chi connectivity index (χ1n) is 9.84. The van der Waals surface area contributed by atoms with E-state index in [1.165, 1.54) is 0 Å². The molecular formula is C21H28N4O4. The van der Waals surface area contributed by atoms with Gasteiger partial charge in [0.2, 0.25) is 0 Å². The summed E-state index contributed by atoms with van der Waals surface area (Å²) in [4.78, 5) is 29.4. The highest BCUT2D eigenvalue weighted by atomic mass is 16.6. The number of anilines is 1. The molecule has 156 valence electrons. The number of hydrogen-bond acceptors (Lipinski definition) is 6. The predicted octanol–water partition coefficient (Wildman–Crippen LogP) is 2.00. The summed E-state index contributed by atoms with van der Waals surface area (Å²) in [6.07, 6.45) is -0.634. The number of carbonyl (C=O) groups excluding carboxylic acids is 1. The second-order valence-corrected chi connectivity index (χ2v) is 8.78. The highest BCUT2D eigenvalue weighted by molar-refractivity contribution is 5.89. The maximum absolute atomic E-state index is 12.4. The van der Waals surface area contributed by atoms with Crippen molar-refractivity contribution in [1.82, 2.24) is 9.80 Å². The Morgan fingerprint density at radius 2 is 1.93 bits per heavy atom. The highest BCUT2D eigenvalue weighted by Gasteiger charge is 2.40. The van der Waals surface area contributed by atoms with Crippen LogP contribution >= 0.6 is 0 Å². The molecule has 1 amide bonds. The number of carboxylic acids is 1. The van der Waals surface area contributed by atoms with Gasteiger partial charge in [0, 0.05) is 37.9 Å². The number of hydrogen-bond donors (Lipinski definition) is 1. The van der Waals surface area contributed by atoms with E-state index in [-0.39, 0.29) is 30.2 Å². The van der Waals surface area contributed by atoms with E-state index in [1.807, 2.05) is 4.90 Å². The van der Waals surface area contributed by atoms with Gasteiger partial charge in [0.1, 0.15) is 6.10 Å². The summed E-state index contributed by atoms with van der Waals surface area (Å²) in [5, 5.41) is 18.0. The SMILES string of the molecule is CC(C)(C)C1CN(CC(=O)O)CCN1CC1CN(c2ccc(C#N)cc2)C(=O)O1. The van der Waals surface area contributed by atoms with Crippen molar-refractivity contribution in [1.29, 1.82) is 5.26 Å². The average Bonchev–Trinajstić information content (AvgIpc) is 3.02. The lowest BCUT2D eigenvalue weighted by Crippen LogP contribution is -2.60. The minimum absolute atomic E-state index is 0.0351. The van der Waals surface area contributed by atoms with Crippen LogP contribution in [0.2, 0.25) is 0 Å². The molecule has 1 N–H and O–H groups in total. The Kier molecular flexibility index (Phi) is 6.10. The molecule has 2 aliphatic heterocycles. The highest BCUT2D eigenvalue weighted by Crippen LogP contribution is 2.29. The first kappa shape index (κ1) is 21.1. The molecule has 0 bridgehead atoms.